The molecule has 1 aliphatic heterocycles. The molecule has 2 rings (SSSR count). The molecule has 0 aliphatic carbocycles. The molecular weight excluding hydrogens is 231 g/mol. The van der Waals surface area contributed by atoms with Crippen LogP contribution in [0.2, 0.25) is 0 Å². The van der Waals surface area contributed by atoms with Gasteiger partial charge in [-0.25, -0.2) is 0 Å². The van der Waals surface area contributed by atoms with Gasteiger partial charge in [-0.1, -0.05) is 12.1 Å². The van der Waals surface area contributed by atoms with Crippen molar-refractivity contribution in [3.8, 4) is 0 Å². The second-order valence-corrected chi connectivity index (χ2v) is 3.84. The highest BCUT2D eigenvalue weighted by atomic mass is 19.4. The number of hydrogen-bond donors (Lipinski definition) is 1. The lowest BCUT2D eigenvalue weighted by molar-refractivity contribution is -0.137. The van der Waals surface area contributed by atoms with Crippen LogP contribution in [0.1, 0.15) is 23.6 Å². The molecule has 17 heavy (non-hydrogen) atoms. The van der Waals surface area contributed by atoms with Crippen LogP contribution >= 0.6 is 0 Å². The van der Waals surface area contributed by atoms with Crippen molar-refractivity contribution in [3.05, 3.63) is 47.2 Å². The van der Waals surface area contributed by atoms with Gasteiger partial charge in [0.05, 0.1) is 18.2 Å². The van der Waals surface area contributed by atoms with Crippen molar-refractivity contribution < 1.29 is 17.9 Å². The normalized spacial score (nSPS) is 17.5. The van der Waals surface area contributed by atoms with E-state index in [0.29, 0.717) is 17.9 Å². The fraction of sp³-hybridized carbons (Fsp3) is 0.333. The SMILES string of the molecule is NC(C1=CCCO1)c1ccc(C(F)(F)F)cc1. The fourth-order valence-corrected chi connectivity index (χ4v) is 1.70. The van der Waals surface area contributed by atoms with Gasteiger partial charge in [0.15, 0.2) is 0 Å². The maximum Gasteiger partial charge on any atom is 0.416 e. The summed E-state index contributed by atoms with van der Waals surface area (Å²) < 4.78 is 42.3. The predicted molar refractivity (Wildman–Crippen MR) is 57.0 cm³/mol. The van der Waals surface area contributed by atoms with Gasteiger partial charge in [0.1, 0.15) is 5.76 Å². The quantitative estimate of drug-likeness (QED) is 0.866. The molecule has 1 aromatic rings. The van der Waals surface area contributed by atoms with Gasteiger partial charge in [0.25, 0.3) is 0 Å². The summed E-state index contributed by atoms with van der Waals surface area (Å²) in [5, 5.41) is 0. The number of benzene rings is 1. The van der Waals surface area contributed by atoms with Crippen LogP contribution in [0.15, 0.2) is 36.1 Å². The molecule has 1 aromatic carbocycles. The molecule has 0 fully saturated rings. The van der Waals surface area contributed by atoms with Crippen LogP contribution < -0.4 is 5.73 Å². The Morgan fingerprint density at radius 3 is 2.29 bits per heavy atom. The van der Waals surface area contributed by atoms with Crippen LogP contribution in [-0.2, 0) is 10.9 Å². The summed E-state index contributed by atoms with van der Waals surface area (Å²) in [6.45, 7) is 0.587. The molecule has 1 unspecified atom stereocenters. The Kier molecular flexibility index (Phi) is 3.11. The van der Waals surface area contributed by atoms with Gasteiger partial charge >= 0.3 is 6.18 Å². The molecule has 0 spiro atoms. The number of rotatable bonds is 2. The molecule has 1 aliphatic rings. The van der Waals surface area contributed by atoms with Gasteiger partial charge in [-0.05, 0) is 23.8 Å². The molecule has 0 bridgehead atoms. The van der Waals surface area contributed by atoms with E-state index in [-0.39, 0.29) is 0 Å². The highest BCUT2D eigenvalue weighted by Crippen LogP contribution is 2.31. The van der Waals surface area contributed by atoms with Crippen LogP contribution in [0.5, 0.6) is 0 Å². The van der Waals surface area contributed by atoms with E-state index in [1.165, 1.54) is 12.1 Å². The summed E-state index contributed by atoms with van der Waals surface area (Å²) in [6.07, 6.45) is -1.66. The molecule has 1 atom stereocenters. The summed E-state index contributed by atoms with van der Waals surface area (Å²) >= 11 is 0. The van der Waals surface area contributed by atoms with E-state index in [0.717, 1.165) is 18.6 Å². The molecule has 0 saturated heterocycles. The van der Waals surface area contributed by atoms with Gasteiger partial charge in [0, 0.05) is 6.42 Å². The van der Waals surface area contributed by atoms with Crippen LogP contribution in [0.4, 0.5) is 13.2 Å². The molecule has 0 amide bonds. The average molecular weight is 243 g/mol. The van der Waals surface area contributed by atoms with Crippen LogP contribution in [0.25, 0.3) is 0 Å². The van der Waals surface area contributed by atoms with Gasteiger partial charge in [-0.2, -0.15) is 13.2 Å². The lowest BCUT2D eigenvalue weighted by Gasteiger charge is -2.14. The molecule has 1 heterocycles. The zero-order valence-electron chi connectivity index (χ0n) is 9.00. The summed E-state index contributed by atoms with van der Waals surface area (Å²) in [5.74, 6) is 0.629. The van der Waals surface area contributed by atoms with E-state index >= 15 is 0 Å². The van der Waals surface area contributed by atoms with Crippen molar-refractivity contribution in [2.75, 3.05) is 6.61 Å². The molecule has 0 saturated carbocycles. The summed E-state index contributed by atoms with van der Waals surface area (Å²) in [5.41, 5.74) is 5.83. The van der Waals surface area contributed by atoms with Gasteiger partial charge in [-0.15, -0.1) is 0 Å². The number of ether oxygens (including phenoxy) is 1. The molecule has 0 aromatic heterocycles. The minimum Gasteiger partial charge on any atom is -0.496 e. The second kappa shape index (κ2) is 4.41. The van der Waals surface area contributed by atoms with Crippen LogP contribution in [0.3, 0.4) is 0 Å². The molecule has 0 radical (unpaired) electrons. The summed E-state index contributed by atoms with van der Waals surface area (Å²) in [4.78, 5) is 0. The summed E-state index contributed by atoms with van der Waals surface area (Å²) in [7, 11) is 0. The molecule has 2 nitrogen and oxygen atoms in total. The third-order valence-electron chi connectivity index (χ3n) is 2.64. The molecule has 5 heteroatoms. The number of halogens is 3. The largest absolute Gasteiger partial charge is 0.496 e. The van der Waals surface area contributed by atoms with Gasteiger partial charge < -0.3 is 10.5 Å². The Hall–Kier alpha value is -1.49. The van der Waals surface area contributed by atoms with Gasteiger partial charge in [-0.3, -0.25) is 0 Å². The van der Waals surface area contributed by atoms with Crippen molar-refractivity contribution in [2.24, 2.45) is 5.73 Å². The second-order valence-electron chi connectivity index (χ2n) is 3.84. The predicted octanol–water partition coefficient (Wildman–Crippen LogP) is 3.01. The van der Waals surface area contributed by atoms with Crippen molar-refractivity contribution >= 4 is 0 Å². The van der Waals surface area contributed by atoms with Crippen molar-refractivity contribution in [3.63, 3.8) is 0 Å². The lowest BCUT2D eigenvalue weighted by Crippen LogP contribution is -2.14. The zero-order chi connectivity index (χ0) is 12.5. The standard InChI is InChI=1S/C12H12F3NO/c13-12(14,15)9-5-3-8(4-6-9)11(16)10-2-1-7-17-10/h2-6,11H,1,7,16H2. The minimum atomic E-state index is -4.31. The fourth-order valence-electron chi connectivity index (χ4n) is 1.70. The number of nitrogens with two attached hydrogens (primary N) is 1. The lowest BCUT2D eigenvalue weighted by atomic mass is 10.0. The van der Waals surface area contributed by atoms with Crippen LogP contribution in [-0.4, -0.2) is 6.61 Å². The van der Waals surface area contributed by atoms with Crippen LogP contribution in [0, 0.1) is 0 Å². The van der Waals surface area contributed by atoms with Gasteiger partial charge in [0.2, 0.25) is 0 Å². The Morgan fingerprint density at radius 2 is 1.82 bits per heavy atom. The van der Waals surface area contributed by atoms with E-state index in [2.05, 4.69) is 0 Å². The number of alkyl halides is 3. The molecule has 2 N–H and O–H groups in total. The van der Waals surface area contributed by atoms with E-state index in [1.54, 1.807) is 0 Å². The first kappa shape index (κ1) is 12.0. The number of hydrogen-bond acceptors (Lipinski definition) is 2. The average Bonchev–Trinajstić information content (AvgIpc) is 2.80. The van der Waals surface area contributed by atoms with Crippen molar-refractivity contribution in [1.29, 1.82) is 0 Å². The molecular formula is C12H12F3NO. The van der Waals surface area contributed by atoms with E-state index in [4.69, 9.17) is 10.5 Å². The zero-order valence-corrected chi connectivity index (χ0v) is 9.00. The van der Waals surface area contributed by atoms with Crippen molar-refractivity contribution in [1.82, 2.24) is 0 Å². The highest BCUT2D eigenvalue weighted by Gasteiger charge is 2.30. The first-order valence-electron chi connectivity index (χ1n) is 5.24. The first-order valence-corrected chi connectivity index (χ1v) is 5.24. The molecule has 92 valence electrons. The topological polar surface area (TPSA) is 35.2 Å². The Labute approximate surface area is 96.9 Å². The third kappa shape index (κ3) is 2.61. The van der Waals surface area contributed by atoms with Crippen molar-refractivity contribution in [2.45, 2.75) is 18.6 Å². The smallest absolute Gasteiger partial charge is 0.416 e. The Morgan fingerprint density at radius 1 is 1.18 bits per heavy atom. The minimum absolute atomic E-state index is 0.486. The Balaban J connectivity index is 2.18. The summed E-state index contributed by atoms with van der Waals surface area (Å²) in [6, 6.07) is 4.35. The van der Waals surface area contributed by atoms with E-state index < -0.39 is 17.8 Å². The Bertz CT molecular complexity index is 422. The maximum absolute atomic E-state index is 12.4. The van der Waals surface area contributed by atoms with E-state index in [9.17, 15) is 13.2 Å². The first-order chi connectivity index (χ1) is 7.98. The highest BCUT2D eigenvalue weighted by molar-refractivity contribution is 5.30. The monoisotopic (exact) mass is 243 g/mol. The van der Waals surface area contributed by atoms with E-state index in [1.807, 2.05) is 6.08 Å². The third-order valence-corrected chi connectivity index (χ3v) is 2.64. The maximum atomic E-state index is 12.4.